The summed E-state index contributed by atoms with van der Waals surface area (Å²) in [5.41, 5.74) is 0.634. The molecule has 9 heteroatoms. The number of nitrogens with one attached hydrogen (secondary N) is 2. The van der Waals surface area contributed by atoms with Gasteiger partial charge in [-0.1, -0.05) is 11.6 Å². The highest BCUT2D eigenvalue weighted by Crippen LogP contribution is 2.16. The van der Waals surface area contributed by atoms with Crippen molar-refractivity contribution in [3.05, 3.63) is 57.3 Å². The smallest absolute Gasteiger partial charge is 0.395 e. The first-order chi connectivity index (χ1) is 9.95. The zero-order valence-electron chi connectivity index (χ0n) is 10.3. The van der Waals surface area contributed by atoms with Crippen LogP contribution in [-0.2, 0) is 0 Å². The van der Waals surface area contributed by atoms with Gasteiger partial charge >= 0.3 is 5.88 Å². The van der Waals surface area contributed by atoms with Gasteiger partial charge in [-0.3, -0.25) is 20.2 Å². The summed E-state index contributed by atoms with van der Waals surface area (Å²) in [4.78, 5) is 21.5. The maximum absolute atomic E-state index is 11.8. The van der Waals surface area contributed by atoms with Crippen molar-refractivity contribution in [1.29, 1.82) is 0 Å². The molecule has 0 unspecified atom stereocenters. The van der Waals surface area contributed by atoms with Gasteiger partial charge in [0.05, 0.1) is 6.07 Å². The van der Waals surface area contributed by atoms with Crippen molar-refractivity contribution >= 4 is 46.4 Å². The number of carbonyl (C=O) groups is 1. The molecule has 0 atom stereocenters. The second kappa shape index (κ2) is 6.33. The average Bonchev–Trinajstić information content (AvgIpc) is 2.91. The van der Waals surface area contributed by atoms with Crippen LogP contribution < -0.4 is 10.6 Å². The van der Waals surface area contributed by atoms with Crippen LogP contribution in [0.15, 0.2) is 40.8 Å². The van der Waals surface area contributed by atoms with Crippen molar-refractivity contribution in [1.82, 2.24) is 5.32 Å². The highest BCUT2D eigenvalue weighted by molar-refractivity contribution is 7.80. The molecule has 1 heterocycles. The number of anilines is 1. The molecule has 0 spiro atoms. The Balaban J connectivity index is 1.96. The molecule has 7 nitrogen and oxygen atoms in total. The fourth-order valence-corrected chi connectivity index (χ4v) is 1.74. The van der Waals surface area contributed by atoms with Crippen LogP contribution in [-0.4, -0.2) is 15.9 Å². The quantitative estimate of drug-likeness (QED) is 0.511. The first-order valence-electron chi connectivity index (χ1n) is 5.58. The van der Waals surface area contributed by atoms with Crippen LogP contribution in [0.3, 0.4) is 0 Å². The molecule has 0 aliphatic heterocycles. The number of benzene rings is 1. The number of nitro groups is 1. The molecule has 0 radical (unpaired) electrons. The first-order valence-corrected chi connectivity index (χ1v) is 6.36. The van der Waals surface area contributed by atoms with Crippen LogP contribution in [0, 0.1) is 10.1 Å². The molecule has 1 amide bonds. The minimum Gasteiger partial charge on any atom is -0.395 e. The van der Waals surface area contributed by atoms with Crippen molar-refractivity contribution < 1.29 is 14.1 Å². The summed E-state index contributed by atoms with van der Waals surface area (Å²) < 4.78 is 4.76. The number of hydrogen-bond acceptors (Lipinski definition) is 5. The molecule has 1 aromatic carbocycles. The molecular formula is C12H8ClN3O4S. The highest BCUT2D eigenvalue weighted by Gasteiger charge is 2.17. The lowest BCUT2D eigenvalue weighted by molar-refractivity contribution is -0.402. The Morgan fingerprint density at radius 1 is 1.24 bits per heavy atom. The molecule has 1 aromatic heterocycles. The molecule has 0 fully saturated rings. The second-order valence-corrected chi connectivity index (χ2v) is 4.65. The Bertz CT molecular complexity index is 699. The number of hydrogen-bond donors (Lipinski definition) is 2. The number of furan rings is 1. The minimum absolute atomic E-state index is 0.0291. The maximum atomic E-state index is 11.8. The van der Waals surface area contributed by atoms with E-state index in [2.05, 4.69) is 10.6 Å². The number of rotatable bonds is 3. The van der Waals surface area contributed by atoms with Gasteiger partial charge in [-0.25, -0.2) is 0 Å². The molecule has 2 aromatic rings. The predicted octanol–water partition coefficient (Wildman–Crippen LogP) is 2.97. The fourth-order valence-electron chi connectivity index (χ4n) is 1.41. The second-order valence-electron chi connectivity index (χ2n) is 3.81. The maximum Gasteiger partial charge on any atom is 0.433 e. The number of carbonyl (C=O) groups excluding carboxylic acids is 1. The third-order valence-corrected chi connectivity index (χ3v) is 2.78. The van der Waals surface area contributed by atoms with Crippen molar-refractivity contribution in [3.8, 4) is 0 Å². The topological polar surface area (TPSA) is 97.4 Å². The van der Waals surface area contributed by atoms with Gasteiger partial charge in [0, 0.05) is 10.7 Å². The summed E-state index contributed by atoms with van der Waals surface area (Å²) in [6.07, 6.45) is 0. The van der Waals surface area contributed by atoms with Crippen LogP contribution in [0.25, 0.3) is 0 Å². The van der Waals surface area contributed by atoms with Gasteiger partial charge in [0.2, 0.25) is 0 Å². The largest absolute Gasteiger partial charge is 0.433 e. The van der Waals surface area contributed by atoms with E-state index in [1.54, 1.807) is 24.3 Å². The number of thiocarbonyl (C=S) groups is 1. The Kier molecular flexibility index (Phi) is 4.51. The third-order valence-electron chi connectivity index (χ3n) is 2.32. The van der Waals surface area contributed by atoms with E-state index < -0.39 is 16.7 Å². The lowest BCUT2D eigenvalue weighted by Crippen LogP contribution is -2.33. The van der Waals surface area contributed by atoms with E-state index in [9.17, 15) is 14.9 Å². The normalized spacial score (nSPS) is 9.95. The zero-order chi connectivity index (χ0) is 15.4. The van der Waals surface area contributed by atoms with E-state index >= 15 is 0 Å². The molecule has 108 valence electrons. The van der Waals surface area contributed by atoms with Crippen LogP contribution in [0.4, 0.5) is 11.6 Å². The molecule has 0 saturated carbocycles. The Labute approximate surface area is 129 Å². The summed E-state index contributed by atoms with van der Waals surface area (Å²) in [7, 11) is 0. The van der Waals surface area contributed by atoms with Crippen molar-refractivity contribution in [3.63, 3.8) is 0 Å². The molecule has 0 saturated heterocycles. The van der Waals surface area contributed by atoms with Crippen molar-refractivity contribution in [2.45, 2.75) is 0 Å². The van der Waals surface area contributed by atoms with Gasteiger partial charge in [-0.05, 0) is 42.5 Å². The summed E-state index contributed by atoms with van der Waals surface area (Å²) in [6.45, 7) is 0. The molecule has 2 N–H and O–H groups in total. The molecular weight excluding hydrogens is 318 g/mol. The number of nitrogens with zero attached hydrogens (tertiary/aromatic N) is 1. The number of amides is 1. The Morgan fingerprint density at radius 3 is 2.48 bits per heavy atom. The number of halogens is 1. The summed E-state index contributed by atoms with van der Waals surface area (Å²) >= 11 is 10.7. The fraction of sp³-hybridized carbons (Fsp3) is 0. The van der Waals surface area contributed by atoms with Crippen molar-refractivity contribution in [2.24, 2.45) is 0 Å². The van der Waals surface area contributed by atoms with E-state index in [0.717, 1.165) is 6.07 Å². The van der Waals surface area contributed by atoms with Crippen molar-refractivity contribution in [2.75, 3.05) is 5.32 Å². The summed E-state index contributed by atoms with van der Waals surface area (Å²) in [5, 5.41) is 16.2. The summed E-state index contributed by atoms with van der Waals surface area (Å²) in [5.74, 6) is -1.41. The van der Waals surface area contributed by atoms with Gasteiger partial charge in [-0.2, -0.15) is 0 Å². The van der Waals surface area contributed by atoms with E-state index in [4.69, 9.17) is 28.2 Å². The van der Waals surface area contributed by atoms with Crippen LogP contribution in [0.2, 0.25) is 5.02 Å². The lowest BCUT2D eigenvalue weighted by Gasteiger charge is -2.08. The highest BCUT2D eigenvalue weighted by atomic mass is 35.5. The first kappa shape index (κ1) is 14.9. The molecule has 0 bridgehead atoms. The summed E-state index contributed by atoms with van der Waals surface area (Å²) in [6, 6.07) is 8.95. The average molecular weight is 326 g/mol. The van der Waals surface area contributed by atoms with Gasteiger partial charge in [-0.15, -0.1) is 0 Å². The van der Waals surface area contributed by atoms with E-state index in [1.165, 1.54) is 6.07 Å². The molecule has 0 aliphatic rings. The molecule has 21 heavy (non-hydrogen) atoms. The standard InChI is InChI=1S/C12H8ClN3O4S/c13-7-1-3-8(4-2-7)14-12(21)15-11(17)9-5-6-10(20-9)16(18)19/h1-6H,(H2,14,15,17,21). The predicted molar refractivity (Wildman–Crippen MR) is 80.5 cm³/mol. The van der Waals surface area contributed by atoms with Gasteiger partial charge in [0.1, 0.15) is 4.92 Å². The third kappa shape index (κ3) is 4.01. The lowest BCUT2D eigenvalue weighted by atomic mass is 10.3. The van der Waals surface area contributed by atoms with Crippen LogP contribution in [0.5, 0.6) is 0 Å². The molecule has 0 aliphatic carbocycles. The SMILES string of the molecule is O=C(NC(=S)Nc1ccc(Cl)cc1)c1ccc([N+](=O)[O-])o1. The van der Waals surface area contributed by atoms with Gasteiger partial charge in [0.15, 0.2) is 10.9 Å². The van der Waals surface area contributed by atoms with Gasteiger partial charge < -0.3 is 9.73 Å². The van der Waals surface area contributed by atoms with Crippen LogP contribution >= 0.6 is 23.8 Å². The Morgan fingerprint density at radius 2 is 1.90 bits per heavy atom. The van der Waals surface area contributed by atoms with E-state index in [0.29, 0.717) is 10.7 Å². The zero-order valence-corrected chi connectivity index (χ0v) is 11.9. The minimum atomic E-state index is -0.735. The van der Waals surface area contributed by atoms with E-state index in [1.807, 2.05) is 0 Å². The monoisotopic (exact) mass is 325 g/mol. The Hall–Kier alpha value is -2.45. The van der Waals surface area contributed by atoms with Crippen LogP contribution in [0.1, 0.15) is 10.6 Å². The van der Waals surface area contributed by atoms with Gasteiger partial charge in [0.25, 0.3) is 5.91 Å². The molecule has 2 rings (SSSR count). The van der Waals surface area contributed by atoms with E-state index in [-0.39, 0.29) is 10.9 Å².